The Morgan fingerprint density at radius 3 is 2.44 bits per heavy atom. The van der Waals surface area contributed by atoms with Crippen LogP contribution in [-0.4, -0.2) is 33.2 Å². The lowest BCUT2D eigenvalue weighted by atomic mass is 10.1. The predicted octanol–water partition coefficient (Wildman–Crippen LogP) is 3.26. The summed E-state index contributed by atoms with van der Waals surface area (Å²) in [5.74, 6) is 0.633. The quantitative estimate of drug-likeness (QED) is 0.318. The van der Waals surface area contributed by atoms with E-state index in [2.05, 4.69) is 17.2 Å². The first kappa shape index (κ1) is 21.5. The number of nitrogens with one attached hydrogen (secondary N) is 1. The minimum atomic E-state index is -3.10. The van der Waals surface area contributed by atoms with Crippen molar-refractivity contribution in [2.45, 2.75) is 57.6 Å². The van der Waals surface area contributed by atoms with Gasteiger partial charge in [-0.3, -0.25) is 4.99 Å². The van der Waals surface area contributed by atoms with Gasteiger partial charge in [-0.25, -0.2) is 8.42 Å². The number of rotatable bonds is 13. The highest BCUT2D eigenvalue weighted by Gasteiger charge is 2.11. The molecule has 0 bridgehead atoms. The van der Waals surface area contributed by atoms with Gasteiger partial charge in [-0.1, -0.05) is 69.4 Å². The molecular formula is C19H33N3O2S. The van der Waals surface area contributed by atoms with Crippen LogP contribution in [0.2, 0.25) is 0 Å². The maximum absolute atomic E-state index is 12.1. The Kier molecular flexibility index (Phi) is 11.0. The number of nitrogens with zero attached hydrogens (tertiary/aromatic N) is 1. The van der Waals surface area contributed by atoms with Crippen LogP contribution in [0.4, 0.5) is 0 Å². The minimum Gasteiger partial charge on any atom is -0.370 e. The van der Waals surface area contributed by atoms with E-state index < -0.39 is 9.84 Å². The maximum Gasteiger partial charge on any atom is 0.188 e. The maximum atomic E-state index is 12.1. The van der Waals surface area contributed by atoms with Gasteiger partial charge in [0.1, 0.15) is 0 Å². The molecule has 3 N–H and O–H groups in total. The standard InChI is InChI=1S/C19H33N3O2S/c1-2-3-4-5-6-10-14-21-19(20)22-15-11-16-25(23,24)17-18-12-8-7-9-13-18/h7-9,12-13H,2-6,10-11,14-17H2,1H3,(H3,20,21,22). The summed E-state index contributed by atoms with van der Waals surface area (Å²) in [6, 6.07) is 9.25. The first-order valence-corrected chi connectivity index (χ1v) is 11.1. The van der Waals surface area contributed by atoms with Crippen LogP contribution in [0, 0.1) is 0 Å². The second-order valence-electron chi connectivity index (χ2n) is 6.39. The van der Waals surface area contributed by atoms with Gasteiger partial charge in [0.15, 0.2) is 15.8 Å². The van der Waals surface area contributed by atoms with Crippen LogP contribution in [0.25, 0.3) is 0 Å². The Morgan fingerprint density at radius 1 is 1.04 bits per heavy atom. The van der Waals surface area contributed by atoms with E-state index in [0.717, 1.165) is 18.5 Å². The van der Waals surface area contributed by atoms with Crippen molar-refractivity contribution in [2.75, 3.05) is 18.8 Å². The normalized spacial score (nSPS) is 12.3. The third-order valence-corrected chi connectivity index (χ3v) is 5.65. The van der Waals surface area contributed by atoms with Gasteiger partial charge in [0.2, 0.25) is 0 Å². The summed E-state index contributed by atoms with van der Waals surface area (Å²) in [4.78, 5) is 4.20. The van der Waals surface area contributed by atoms with E-state index >= 15 is 0 Å². The van der Waals surface area contributed by atoms with Gasteiger partial charge in [-0.15, -0.1) is 0 Å². The summed E-state index contributed by atoms with van der Waals surface area (Å²) in [6.07, 6.45) is 7.93. The fraction of sp³-hybridized carbons (Fsp3) is 0.632. The van der Waals surface area contributed by atoms with Gasteiger partial charge >= 0.3 is 0 Å². The monoisotopic (exact) mass is 367 g/mol. The summed E-state index contributed by atoms with van der Waals surface area (Å²) in [5.41, 5.74) is 6.62. The van der Waals surface area contributed by atoms with E-state index in [1.807, 2.05) is 30.3 Å². The molecule has 0 aliphatic rings. The van der Waals surface area contributed by atoms with Crippen LogP contribution < -0.4 is 11.1 Å². The largest absolute Gasteiger partial charge is 0.370 e. The molecular weight excluding hydrogens is 334 g/mol. The average molecular weight is 368 g/mol. The molecule has 142 valence electrons. The van der Waals surface area contributed by atoms with E-state index in [0.29, 0.717) is 18.9 Å². The van der Waals surface area contributed by atoms with Gasteiger partial charge in [0.05, 0.1) is 11.5 Å². The van der Waals surface area contributed by atoms with E-state index in [-0.39, 0.29) is 11.5 Å². The van der Waals surface area contributed by atoms with E-state index in [9.17, 15) is 8.42 Å². The van der Waals surface area contributed by atoms with Crippen LogP contribution in [0.15, 0.2) is 35.3 Å². The van der Waals surface area contributed by atoms with Crippen LogP contribution in [0.3, 0.4) is 0 Å². The second-order valence-corrected chi connectivity index (χ2v) is 8.58. The Morgan fingerprint density at radius 2 is 1.72 bits per heavy atom. The summed E-state index contributed by atoms with van der Waals surface area (Å²) >= 11 is 0. The molecule has 1 aromatic rings. The minimum absolute atomic E-state index is 0.0866. The number of sulfone groups is 1. The van der Waals surface area contributed by atoms with Crippen molar-refractivity contribution in [1.29, 1.82) is 0 Å². The number of benzene rings is 1. The highest BCUT2D eigenvalue weighted by Crippen LogP contribution is 2.07. The molecule has 6 heteroatoms. The van der Waals surface area contributed by atoms with Crippen molar-refractivity contribution < 1.29 is 8.42 Å². The first-order chi connectivity index (χ1) is 12.0. The van der Waals surface area contributed by atoms with E-state index in [1.165, 1.54) is 32.1 Å². The average Bonchev–Trinajstić information content (AvgIpc) is 2.58. The van der Waals surface area contributed by atoms with Crippen molar-refractivity contribution in [3.8, 4) is 0 Å². The van der Waals surface area contributed by atoms with Crippen LogP contribution in [0.1, 0.15) is 57.4 Å². The molecule has 0 saturated carbocycles. The summed E-state index contributed by atoms with van der Waals surface area (Å²) in [5, 5.41) is 3.09. The van der Waals surface area contributed by atoms with E-state index in [4.69, 9.17) is 5.73 Å². The van der Waals surface area contributed by atoms with Crippen LogP contribution in [-0.2, 0) is 15.6 Å². The Balaban J connectivity index is 2.13. The molecule has 1 aromatic carbocycles. The molecule has 25 heavy (non-hydrogen) atoms. The van der Waals surface area contributed by atoms with Gasteiger partial charge in [-0.2, -0.15) is 0 Å². The molecule has 0 unspecified atom stereocenters. The fourth-order valence-electron chi connectivity index (χ4n) is 2.56. The predicted molar refractivity (Wildman–Crippen MR) is 106 cm³/mol. The van der Waals surface area contributed by atoms with Gasteiger partial charge in [0.25, 0.3) is 0 Å². The first-order valence-electron chi connectivity index (χ1n) is 9.31. The molecule has 0 fully saturated rings. The van der Waals surface area contributed by atoms with Crippen molar-refractivity contribution in [2.24, 2.45) is 10.7 Å². The number of hydrogen-bond acceptors (Lipinski definition) is 3. The number of unbranched alkanes of at least 4 members (excludes halogenated alkanes) is 5. The molecule has 0 aromatic heterocycles. The zero-order valence-electron chi connectivity index (χ0n) is 15.4. The Labute approximate surface area is 153 Å². The lowest BCUT2D eigenvalue weighted by molar-refractivity contribution is 0.592. The van der Waals surface area contributed by atoms with Crippen molar-refractivity contribution in [1.82, 2.24) is 5.32 Å². The number of aliphatic imine (C=N–C) groups is 1. The van der Waals surface area contributed by atoms with E-state index in [1.54, 1.807) is 0 Å². The van der Waals surface area contributed by atoms with Crippen LogP contribution in [0.5, 0.6) is 0 Å². The third kappa shape index (κ3) is 11.6. The molecule has 5 nitrogen and oxygen atoms in total. The van der Waals surface area contributed by atoms with Crippen molar-refractivity contribution in [3.63, 3.8) is 0 Å². The highest BCUT2D eigenvalue weighted by molar-refractivity contribution is 7.90. The molecule has 0 spiro atoms. The molecule has 0 aliphatic heterocycles. The molecule has 0 radical (unpaired) electrons. The Bertz CT molecular complexity index is 586. The number of nitrogens with two attached hydrogens (primary N) is 1. The lowest BCUT2D eigenvalue weighted by Crippen LogP contribution is -2.32. The smallest absolute Gasteiger partial charge is 0.188 e. The number of guanidine groups is 1. The van der Waals surface area contributed by atoms with Crippen molar-refractivity contribution >= 4 is 15.8 Å². The lowest BCUT2D eigenvalue weighted by Gasteiger charge is -2.06. The summed E-state index contributed by atoms with van der Waals surface area (Å²) < 4.78 is 24.1. The molecule has 0 atom stereocenters. The van der Waals surface area contributed by atoms with Gasteiger partial charge in [-0.05, 0) is 18.4 Å². The highest BCUT2D eigenvalue weighted by atomic mass is 32.2. The fourth-order valence-corrected chi connectivity index (χ4v) is 3.98. The molecule has 0 heterocycles. The molecule has 0 saturated heterocycles. The van der Waals surface area contributed by atoms with Crippen molar-refractivity contribution in [3.05, 3.63) is 35.9 Å². The topological polar surface area (TPSA) is 84.5 Å². The zero-order chi connectivity index (χ0) is 18.4. The van der Waals surface area contributed by atoms with Crippen LogP contribution >= 0.6 is 0 Å². The summed E-state index contributed by atoms with van der Waals surface area (Å²) in [7, 11) is -3.10. The van der Waals surface area contributed by atoms with Gasteiger partial charge < -0.3 is 11.1 Å². The molecule has 0 aliphatic carbocycles. The third-order valence-electron chi connectivity index (χ3n) is 3.96. The number of hydrogen-bond donors (Lipinski definition) is 2. The summed E-state index contributed by atoms with van der Waals surface area (Å²) in [6.45, 7) is 3.47. The molecule has 0 amide bonds. The SMILES string of the molecule is CCCCCCCCNC(N)=NCCCS(=O)(=O)Cc1ccccc1. The molecule has 1 rings (SSSR count). The second kappa shape index (κ2) is 12.8. The Hall–Kier alpha value is -1.56. The van der Waals surface area contributed by atoms with Gasteiger partial charge in [0, 0.05) is 13.1 Å². The zero-order valence-corrected chi connectivity index (χ0v) is 16.2.